The Labute approximate surface area is 208 Å². The van der Waals surface area contributed by atoms with Crippen molar-refractivity contribution in [1.29, 1.82) is 0 Å². The van der Waals surface area contributed by atoms with Gasteiger partial charge in [-0.05, 0) is 62.9 Å². The normalized spacial score (nSPS) is 16.8. The van der Waals surface area contributed by atoms with Crippen molar-refractivity contribution in [2.45, 2.75) is 45.6 Å². The number of carbonyl (C=O) groups excluding carboxylic acids is 1. The minimum absolute atomic E-state index is 0.101. The van der Waals surface area contributed by atoms with Gasteiger partial charge in [0.15, 0.2) is 0 Å². The molecule has 0 radical (unpaired) electrons. The second-order valence-corrected chi connectivity index (χ2v) is 9.80. The van der Waals surface area contributed by atoms with Crippen LogP contribution in [0, 0.1) is 6.92 Å². The Bertz CT molecular complexity index is 1170. The molecule has 3 heterocycles. The highest BCUT2D eigenvalue weighted by atomic mass is 16.5. The number of nitrogens with zero attached hydrogens (tertiary/aromatic N) is 3. The van der Waals surface area contributed by atoms with E-state index in [9.17, 15) is 4.79 Å². The largest absolute Gasteiger partial charge is 0.493 e. The molecule has 0 spiro atoms. The van der Waals surface area contributed by atoms with Crippen LogP contribution in [0.2, 0.25) is 0 Å². The number of carbonyl (C=O) groups is 1. The van der Waals surface area contributed by atoms with Gasteiger partial charge in [0.25, 0.3) is 0 Å². The SMILES string of the molecule is Cc1ccc(OCCCCCN2CCN(Cc3ccc4ccccc4n3)CC2)c2c1NC(=O)CC2. The molecule has 1 fully saturated rings. The molecule has 1 saturated heterocycles. The first-order valence-electron chi connectivity index (χ1n) is 13.0. The lowest BCUT2D eigenvalue weighted by Gasteiger charge is -2.34. The third-order valence-corrected chi connectivity index (χ3v) is 7.23. The molecule has 184 valence electrons. The van der Waals surface area contributed by atoms with Crippen LogP contribution in [-0.4, -0.2) is 60.0 Å². The second-order valence-electron chi connectivity index (χ2n) is 9.80. The van der Waals surface area contributed by atoms with Crippen molar-refractivity contribution in [3.8, 4) is 5.75 Å². The van der Waals surface area contributed by atoms with E-state index in [1.165, 1.54) is 18.2 Å². The van der Waals surface area contributed by atoms with Crippen molar-refractivity contribution >= 4 is 22.5 Å². The van der Waals surface area contributed by atoms with Gasteiger partial charge in [-0.1, -0.05) is 30.3 Å². The molecule has 1 aromatic heterocycles. The van der Waals surface area contributed by atoms with Crippen LogP contribution in [0.3, 0.4) is 0 Å². The summed E-state index contributed by atoms with van der Waals surface area (Å²) in [6.07, 6.45) is 4.74. The number of aromatic nitrogens is 1. The van der Waals surface area contributed by atoms with Crippen molar-refractivity contribution in [3.63, 3.8) is 0 Å². The number of nitrogens with one attached hydrogen (secondary N) is 1. The Balaban J connectivity index is 0.987. The topological polar surface area (TPSA) is 57.7 Å². The molecule has 2 aromatic carbocycles. The monoisotopic (exact) mass is 472 g/mol. The molecule has 2 aliphatic heterocycles. The van der Waals surface area contributed by atoms with Gasteiger partial charge in [-0.2, -0.15) is 0 Å². The number of rotatable bonds is 9. The van der Waals surface area contributed by atoms with Gasteiger partial charge in [-0.15, -0.1) is 0 Å². The predicted octanol–water partition coefficient (Wildman–Crippen LogP) is 4.79. The van der Waals surface area contributed by atoms with Crippen molar-refractivity contribution in [1.82, 2.24) is 14.8 Å². The highest BCUT2D eigenvalue weighted by Gasteiger charge is 2.20. The predicted molar refractivity (Wildman–Crippen MR) is 141 cm³/mol. The van der Waals surface area contributed by atoms with Crippen molar-refractivity contribution < 1.29 is 9.53 Å². The number of anilines is 1. The van der Waals surface area contributed by atoms with Crippen molar-refractivity contribution in [2.24, 2.45) is 0 Å². The molecule has 6 nitrogen and oxygen atoms in total. The Morgan fingerprint density at radius 3 is 2.63 bits per heavy atom. The smallest absolute Gasteiger partial charge is 0.224 e. The van der Waals surface area contributed by atoms with Gasteiger partial charge in [-0.3, -0.25) is 14.7 Å². The number of hydrogen-bond acceptors (Lipinski definition) is 5. The standard InChI is InChI=1S/C29H36N4O2/c1-22-9-13-27(25-12-14-28(34)31-29(22)25)35-20-6-2-5-15-32-16-18-33(19-17-32)21-24-11-10-23-7-3-4-8-26(23)30-24/h3-4,7-11,13H,2,5-6,12,14-21H2,1H3,(H,31,34). The quantitative estimate of drug-likeness (QED) is 0.454. The Kier molecular flexibility index (Phi) is 7.60. The summed E-state index contributed by atoms with van der Waals surface area (Å²) in [7, 11) is 0. The van der Waals surface area contributed by atoms with Crippen LogP contribution in [0.25, 0.3) is 10.9 Å². The first kappa shape index (κ1) is 23.8. The van der Waals surface area contributed by atoms with E-state index < -0.39 is 0 Å². The van der Waals surface area contributed by atoms with Crippen LogP contribution < -0.4 is 10.1 Å². The Hall–Kier alpha value is -2.96. The van der Waals surface area contributed by atoms with E-state index in [0.29, 0.717) is 6.42 Å². The summed E-state index contributed by atoms with van der Waals surface area (Å²) >= 11 is 0. The maximum atomic E-state index is 11.7. The molecule has 1 amide bonds. The molecule has 5 rings (SSSR count). The molecule has 0 saturated carbocycles. The van der Waals surface area contributed by atoms with E-state index in [-0.39, 0.29) is 5.91 Å². The summed E-state index contributed by atoms with van der Waals surface area (Å²) < 4.78 is 6.11. The Morgan fingerprint density at radius 1 is 0.914 bits per heavy atom. The van der Waals surface area contributed by atoms with E-state index in [1.807, 2.05) is 13.0 Å². The lowest BCUT2D eigenvalue weighted by Crippen LogP contribution is -2.46. The minimum Gasteiger partial charge on any atom is -0.493 e. The van der Waals surface area contributed by atoms with Gasteiger partial charge in [0.1, 0.15) is 5.75 Å². The lowest BCUT2D eigenvalue weighted by atomic mass is 9.98. The van der Waals surface area contributed by atoms with Crippen LogP contribution in [-0.2, 0) is 17.8 Å². The third-order valence-electron chi connectivity index (χ3n) is 7.23. The number of aryl methyl sites for hydroxylation is 1. The molecule has 3 aromatic rings. The van der Waals surface area contributed by atoms with Crippen LogP contribution >= 0.6 is 0 Å². The summed E-state index contributed by atoms with van der Waals surface area (Å²) in [5.41, 5.74) is 5.46. The van der Waals surface area contributed by atoms with Gasteiger partial charge >= 0.3 is 0 Å². The summed E-state index contributed by atoms with van der Waals surface area (Å²) in [6.45, 7) is 9.33. The van der Waals surface area contributed by atoms with Crippen LogP contribution in [0.15, 0.2) is 48.5 Å². The molecule has 2 aliphatic rings. The molecule has 0 atom stereocenters. The molecule has 0 unspecified atom stereocenters. The lowest BCUT2D eigenvalue weighted by molar-refractivity contribution is -0.116. The molecule has 6 heteroatoms. The average Bonchev–Trinajstić information content (AvgIpc) is 2.88. The molecule has 35 heavy (non-hydrogen) atoms. The zero-order valence-corrected chi connectivity index (χ0v) is 20.8. The number of hydrogen-bond donors (Lipinski definition) is 1. The number of para-hydroxylation sites is 1. The van der Waals surface area contributed by atoms with E-state index in [4.69, 9.17) is 9.72 Å². The number of piperazine rings is 1. The first-order valence-corrected chi connectivity index (χ1v) is 13.0. The average molecular weight is 473 g/mol. The van der Waals surface area contributed by atoms with E-state index in [2.05, 4.69) is 57.6 Å². The van der Waals surface area contributed by atoms with Gasteiger partial charge < -0.3 is 15.0 Å². The van der Waals surface area contributed by atoms with Crippen molar-refractivity contribution in [3.05, 3.63) is 65.4 Å². The van der Waals surface area contributed by atoms with Gasteiger partial charge in [-0.25, -0.2) is 0 Å². The van der Waals surface area contributed by atoms with Crippen LogP contribution in [0.5, 0.6) is 5.75 Å². The van der Waals surface area contributed by atoms with E-state index in [1.54, 1.807) is 0 Å². The van der Waals surface area contributed by atoms with Gasteiger partial charge in [0.05, 0.1) is 23.5 Å². The van der Waals surface area contributed by atoms with Crippen LogP contribution in [0.1, 0.15) is 42.5 Å². The number of ether oxygens (including phenoxy) is 1. The molecular weight excluding hydrogens is 436 g/mol. The summed E-state index contributed by atoms with van der Waals surface area (Å²) in [5.74, 6) is 1.03. The summed E-state index contributed by atoms with van der Waals surface area (Å²) in [5, 5.41) is 4.21. The van der Waals surface area contributed by atoms with E-state index >= 15 is 0 Å². The number of pyridine rings is 1. The van der Waals surface area contributed by atoms with Gasteiger partial charge in [0, 0.05) is 50.1 Å². The number of amides is 1. The molecule has 0 bridgehead atoms. The number of fused-ring (bicyclic) bond motifs is 2. The highest BCUT2D eigenvalue weighted by molar-refractivity contribution is 5.95. The summed E-state index contributed by atoms with van der Waals surface area (Å²) in [6, 6.07) is 16.8. The van der Waals surface area contributed by atoms with Gasteiger partial charge in [0.2, 0.25) is 5.91 Å². The fourth-order valence-corrected chi connectivity index (χ4v) is 5.14. The van der Waals surface area contributed by atoms with Crippen molar-refractivity contribution in [2.75, 3.05) is 44.6 Å². The fraction of sp³-hybridized carbons (Fsp3) is 0.448. The van der Waals surface area contributed by atoms with Crippen LogP contribution in [0.4, 0.5) is 5.69 Å². The Morgan fingerprint density at radius 2 is 1.74 bits per heavy atom. The first-order chi connectivity index (χ1) is 17.2. The minimum atomic E-state index is 0.101. The zero-order valence-electron chi connectivity index (χ0n) is 20.8. The molecular formula is C29H36N4O2. The highest BCUT2D eigenvalue weighted by Crippen LogP contribution is 2.34. The number of benzene rings is 2. The number of unbranched alkanes of at least 4 members (excludes halogenated alkanes) is 2. The zero-order chi connectivity index (χ0) is 24.0. The second kappa shape index (κ2) is 11.2. The summed E-state index contributed by atoms with van der Waals surface area (Å²) in [4.78, 5) is 21.7. The fourth-order valence-electron chi connectivity index (χ4n) is 5.14. The third kappa shape index (κ3) is 6.00. The maximum absolute atomic E-state index is 11.7. The maximum Gasteiger partial charge on any atom is 0.224 e. The van der Waals surface area contributed by atoms with E-state index in [0.717, 1.165) is 92.5 Å². The molecule has 0 aliphatic carbocycles. The molecule has 1 N–H and O–H groups in total.